The average Bonchev–Trinajstić information content (AvgIpc) is 2.41. The number of hydrogen-bond donors (Lipinski definition) is 1. The fraction of sp³-hybridized carbons (Fsp3) is 0.286. The molecule has 0 radical (unpaired) electrons. The molecule has 0 atom stereocenters. The number of hydrogen-bond acceptors (Lipinski definition) is 4. The zero-order chi connectivity index (χ0) is 13.7. The first-order valence-electron chi connectivity index (χ1n) is 6.32. The number of aromatic nitrogens is 2. The molecule has 0 spiro atoms. The van der Waals surface area contributed by atoms with Crippen LogP contribution in [0.4, 0.5) is 17.3 Å². The van der Waals surface area contributed by atoms with Crippen LogP contribution in [0.2, 0.25) is 0 Å². The Labute approximate surface area is 122 Å². The first-order chi connectivity index (χ1) is 9.22. The smallest absolute Gasteiger partial charge is 0.135 e. The van der Waals surface area contributed by atoms with E-state index in [1.807, 2.05) is 30.3 Å². The third-order valence-electron chi connectivity index (χ3n) is 2.84. The number of nitrogens with zero attached hydrogens (tertiary/aromatic N) is 3. The minimum Gasteiger partial charge on any atom is -0.357 e. The van der Waals surface area contributed by atoms with Gasteiger partial charge in [0.15, 0.2) is 0 Å². The lowest BCUT2D eigenvalue weighted by atomic mass is 10.3. The number of rotatable bonds is 5. The van der Waals surface area contributed by atoms with Gasteiger partial charge in [-0.1, -0.05) is 22.0 Å². The summed E-state index contributed by atoms with van der Waals surface area (Å²) in [5, 5.41) is 3.28. The monoisotopic (exact) mass is 320 g/mol. The van der Waals surface area contributed by atoms with Crippen molar-refractivity contribution in [2.24, 2.45) is 0 Å². The fourth-order valence-corrected chi connectivity index (χ4v) is 2.25. The summed E-state index contributed by atoms with van der Waals surface area (Å²) in [6, 6.07) is 9.96. The van der Waals surface area contributed by atoms with E-state index in [1.54, 1.807) is 6.33 Å². The highest BCUT2D eigenvalue weighted by molar-refractivity contribution is 9.10. The second-order valence-electron chi connectivity index (χ2n) is 4.07. The van der Waals surface area contributed by atoms with Gasteiger partial charge in [0.2, 0.25) is 0 Å². The quantitative estimate of drug-likeness (QED) is 0.909. The van der Waals surface area contributed by atoms with Gasteiger partial charge in [0, 0.05) is 29.3 Å². The van der Waals surface area contributed by atoms with Crippen LogP contribution < -0.4 is 10.2 Å². The van der Waals surface area contributed by atoms with Gasteiger partial charge < -0.3 is 10.2 Å². The van der Waals surface area contributed by atoms with E-state index in [9.17, 15) is 0 Å². The summed E-state index contributed by atoms with van der Waals surface area (Å²) in [6.07, 6.45) is 1.59. The van der Waals surface area contributed by atoms with E-state index in [0.29, 0.717) is 0 Å². The molecule has 1 aromatic carbocycles. The molecule has 5 heteroatoms. The van der Waals surface area contributed by atoms with Gasteiger partial charge in [0.25, 0.3) is 0 Å². The maximum absolute atomic E-state index is 4.31. The zero-order valence-electron chi connectivity index (χ0n) is 11.1. The van der Waals surface area contributed by atoms with E-state index in [1.165, 1.54) is 0 Å². The molecule has 1 heterocycles. The van der Waals surface area contributed by atoms with Crippen molar-refractivity contribution in [2.45, 2.75) is 13.8 Å². The number of halogens is 1. The molecule has 0 amide bonds. The Morgan fingerprint density at radius 1 is 1.16 bits per heavy atom. The van der Waals surface area contributed by atoms with Gasteiger partial charge in [-0.25, -0.2) is 9.97 Å². The molecule has 0 aliphatic carbocycles. The van der Waals surface area contributed by atoms with Gasteiger partial charge in [-0.05, 0) is 32.0 Å². The van der Waals surface area contributed by atoms with Gasteiger partial charge >= 0.3 is 0 Å². The van der Waals surface area contributed by atoms with E-state index in [0.717, 1.165) is 34.9 Å². The third kappa shape index (κ3) is 3.67. The van der Waals surface area contributed by atoms with Crippen LogP contribution in [0.15, 0.2) is 41.1 Å². The minimum absolute atomic E-state index is 0.801. The van der Waals surface area contributed by atoms with Crippen molar-refractivity contribution in [3.05, 3.63) is 41.1 Å². The predicted octanol–water partition coefficient (Wildman–Crippen LogP) is 3.83. The maximum atomic E-state index is 4.31. The van der Waals surface area contributed by atoms with Crippen molar-refractivity contribution in [2.75, 3.05) is 23.3 Å². The summed E-state index contributed by atoms with van der Waals surface area (Å²) in [5.41, 5.74) is 0.999. The van der Waals surface area contributed by atoms with E-state index >= 15 is 0 Å². The largest absolute Gasteiger partial charge is 0.357 e. The molecule has 0 saturated heterocycles. The van der Waals surface area contributed by atoms with E-state index in [4.69, 9.17) is 0 Å². The molecular weight excluding hydrogens is 304 g/mol. The normalized spacial score (nSPS) is 10.3. The van der Waals surface area contributed by atoms with Crippen LogP contribution in [0, 0.1) is 0 Å². The Morgan fingerprint density at radius 3 is 2.63 bits per heavy atom. The molecular formula is C14H17BrN4. The highest BCUT2D eigenvalue weighted by atomic mass is 79.9. The third-order valence-corrected chi connectivity index (χ3v) is 3.33. The average molecular weight is 321 g/mol. The van der Waals surface area contributed by atoms with Crippen LogP contribution >= 0.6 is 15.9 Å². The van der Waals surface area contributed by atoms with Crippen LogP contribution in [0.25, 0.3) is 0 Å². The molecule has 2 aromatic rings. The lowest BCUT2D eigenvalue weighted by molar-refractivity contribution is 0.842. The molecule has 0 unspecified atom stereocenters. The van der Waals surface area contributed by atoms with Crippen LogP contribution in [0.5, 0.6) is 0 Å². The summed E-state index contributed by atoms with van der Waals surface area (Å²) in [5.74, 6) is 1.74. The Balaban J connectivity index is 2.19. The molecule has 2 rings (SSSR count). The lowest BCUT2D eigenvalue weighted by Crippen LogP contribution is -2.23. The Bertz CT molecular complexity index is 540. The van der Waals surface area contributed by atoms with Crippen molar-refractivity contribution < 1.29 is 0 Å². The topological polar surface area (TPSA) is 41.0 Å². The van der Waals surface area contributed by atoms with Gasteiger partial charge in [-0.2, -0.15) is 0 Å². The molecule has 0 bridgehead atoms. The number of anilines is 3. The standard InChI is InChI=1S/C14H17BrN4/c1-3-19(4-2)14-9-13(16-10-17-14)18-12-7-5-6-11(15)8-12/h5-10H,3-4H2,1-2H3,(H,16,17,18). The molecule has 1 N–H and O–H groups in total. The molecule has 19 heavy (non-hydrogen) atoms. The predicted molar refractivity (Wildman–Crippen MR) is 83.0 cm³/mol. The first-order valence-corrected chi connectivity index (χ1v) is 7.11. The fourth-order valence-electron chi connectivity index (χ4n) is 1.85. The summed E-state index contributed by atoms with van der Waals surface area (Å²) in [7, 11) is 0. The molecule has 0 fully saturated rings. The summed E-state index contributed by atoms with van der Waals surface area (Å²) >= 11 is 3.45. The van der Waals surface area contributed by atoms with Gasteiger partial charge in [0.1, 0.15) is 18.0 Å². The number of benzene rings is 1. The summed E-state index contributed by atoms with van der Waals surface area (Å²) in [6.45, 7) is 6.10. The van der Waals surface area contributed by atoms with Crippen molar-refractivity contribution in [3.63, 3.8) is 0 Å². The van der Waals surface area contributed by atoms with Crippen LogP contribution in [0.3, 0.4) is 0 Å². The van der Waals surface area contributed by atoms with E-state index in [2.05, 4.69) is 50.0 Å². The lowest BCUT2D eigenvalue weighted by Gasteiger charge is -2.19. The molecule has 1 aromatic heterocycles. The highest BCUT2D eigenvalue weighted by Crippen LogP contribution is 2.21. The Hall–Kier alpha value is -1.62. The van der Waals surface area contributed by atoms with Crippen LogP contribution in [-0.2, 0) is 0 Å². The first kappa shape index (κ1) is 13.8. The number of nitrogens with one attached hydrogen (secondary N) is 1. The van der Waals surface area contributed by atoms with Crippen LogP contribution in [0.1, 0.15) is 13.8 Å². The molecule has 100 valence electrons. The molecule has 4 nitrogen and oxygen atoms in total. The zero-order valence-corrected chi connectivity index (χ0v) is 12.7. The highest BCUT2D eigenvalue weighted by Gasteiger charge is 2.05. The van der Waals surface area contributed by atoms with Gasteiger partial charge in [-0.3, -0.25) is 0 Å². The van der Waals surface area contributed by atoms with Crippen molar-refractivity contribution in [1.82, 2.24) is 9.97 Å². The maximum Gasteiger partial charge on any atom is 0.135 e. The second-order valence-corrected chi connectivity index (χ2v) is 4.98. The SMILES string of the molecule is CCN(CC)c1cc(Nc2cccc(Br)c2)ncn1. The van der Waals surface area contributed by atoms with Gasteiger partial charge in [-0.15, -0.1) is 0 Å². The van der Waals surface area contributed by atoms with E-state index in [-0.39, 0.29) is 0 Å². The molecule has 0 saturated carbocycles. The van der Waals surface area contributed by atoms with Gasteiger partial charge in [0.05, 0.1) is 0 Å². The minimum atomic E-state index is 0.801. The van der Waals surface area contributed by atoms with Crippen molar-refractivity contribution >= 4 is 33.3 Å². The van der Waals surface area contributed by atoms with Crippen molar-refractivity contribution in [1.29, 1.82) is 0 Å². The second kappa shape index (κ2) is 6.52. The molecule has 0 aliphatic heterocycles. The Kier molecular flexibility index (Phi) is 4.74. The van der Waals surface area contributed by atoms with Crippen molar-refractivity contribution in [3.8, 4) is 0 Å². The molecule has 0 aliphatic rings. The van der Waals surface area contributed by atoms with Crippen LogP contribution in [-0.4, -0.2) is 23.1 Å². The summed E-state index contributed by atoms with van der Waals surface area (Å²) in [4.78, 5) is 10.7. The summed E-state index contributed by atoms with van der Waals surface area (Å²) < 4.78 is 1.04. The van der Waals surface area contributed by atoms with E-state index < -0.39 is 0 Å². The Morgan fingerprint density at radius 2 is 1.95 bits per heavy atom.